The Bertz CT molecular complexity index is 1520. The Hall–Kier alpha value is -1.27. The second kappa shape index (κ2) is 13.2. The number of aliphatic hydroxyl groups excluding tert-OH is 1. The van der Waals surface area contributed by atoms with Crippen molar-refractivity contribution >= 4 is 5.97 Å². The van der Waals surface area contributed by atoms with E-state index in [2.05, 4.69) is 79.0 Å². The van der Waals surface area contributed by atoms with Crippen LogP contribution in [-0.4, -0.2) is 17.2 Å². The van der Waals surface area contributed by atoms with Gasteiger partial charge in [0.15, 0.2) is 36.4 Å². The standard InChI is InChI=1S/C44H61N2O3.Na/c1-28(4-7-40(48)49)36-5-6-37-41-38(9-15-43(36,37)3)42(2)14-8-35(23-34(42)24-39(41)47)45-16-10-32(11-17-45)33-12-18-46(19-13-33)44-25-29-20-30(26-44)22-31(21-29)27-44;/h10-13,16-19,28-31,34-39,41,47H,4-9,14-15,20-27H2,1-3H3;/q2*+1/t28-,29?,30?,31?,34+,35+,36-,37+,38+,39+,41+,42+,43-,44?;/m1./s1. The minimum absolute atomic E-state index is 0. The predicted molar refractivity (Wildman–Crippen MR) is 187 cm³/mol. The van der Waals surface area contributed by atoms with Crippen molar-refractivity contribution in [3.63, 3.8) is 0 Å². The molecule has 1 N–H and O–H groups in total. The first-order valence-electron chi connectivity index (χ1n) is 20.5. The summed E-state index contributed by atoms with van der Waals surface area (Å²) in [6.07, 6.45) is 28.2. The van der Waals surface area contributed by atoms with Crippen molar-refractivity contribution in [2.45, 2.75) is 141 Å². The molecule has 4 bridgehead atoms. The number of carboxylic acids is 1. The third-order valence-corrected chi connectivity index (χ3v) is 17.2. The number of aliphatic hydroxyl groups is 1. The van der Waals surface area contributed by atoms with E-state index < -0.39 is 5.97 Å². The van der Waals surface area contributed by atoms with Crippen LogP contribution < -0.4 is 43.8 Å². The number of hydrogen-bond donors (Lipinski definition) is 1. The third-order valence-electron chi connectivity index (χ3n) is 17.2. The molecule has 8 aliphatic carbocycles. The van der Waals surface area contributed by atoms with Crippen molar-refractivity contribution in [1.82, 2.24) is 0 Å². The van der Waals surface area contributed by atoms with Gasteiger partial charge in [-0.05, 0) is 146 Å². The average molecular weight is 689 g/mol. The van der Waals surface area contributed by atoms with Gasteiger partial charge in [0, 0.05) is 62.3 Å². The molecule has 2 aromatic rings. The molecule has 8 aliphatic rings. The topological polar surface area (TPSA) is 68.1 Å². The van der Waals surface area contributed by atoms with Crippen molar-refractivity contribution in [2.75, 3.05) is 0 Å². The Morgan fingerprint density at radius 3 is 2.02 bits per heavy atom. The summed E-state index contributed by atoms with van der Waals surface area (Å²) < 4.78 is 5.08. The van der Waals surface area contributed by atoms with E-state index >= 15 is 0 Å². The predicted octanol–water partition coefficient (Wildman–Crippen LogP) is 4.19. The number of aromatic nitrogens is 2. The van der Waals surface area contributed by atoms with Gasteiger partial charge in [0.05, 0.1) is 6.10 Å². The molecule has 5 nitrogen and oxygen atoms in total. The maximum absolute atomic E-state index is 11.9. The van der Waals surface area contributed by atoms with Gasteiger partial charge in [0.25, 0.3) is 0 Å². The molecule has 2 heterocycles. The van der Waals surface area contributed by atoms with E-state index in [4.69, 9.17) is 0 Å². The van der Waals surface area contributed by atoms with Crippen LogP contribution in [0.3, 0.4) is 0 Å². The summed E-state index contributed by atoms with van der Waals surface area (Å²) >= 11 is 0. The van der Waals surface area contributed by atoms with E-state index in [0.717, 1.165) is 30.6 Å². The molecule has 0 amide bonds. The Labute approximate surface area is 323 Å². The van der Waals surface area contributed by atoms with E-state index in [0.29, 0.717) is 52.5 Å². The molecule has 50 heavy (non-hydrogen) atoms. The van der Waals surface area contributed by atoms with Gasteiger partial charge in [-0.3, -0.25) is 0 Å². The summed E-state index contributed by atoms with van der Waals surface area (Å²) in [6.45, 7) is 7.36. The van der Waals surface area contributed by atoms with Gasteiger partial charge in [0.1, 0.15) is 0 Å². The molecular formula is C44H61N2NaO3+2. The van der Waals surface area contributed by atoms with Crippen molar-refractivity contribution in [3.05, 3.63) is 49.1 Å². The number of hydrogen-bond acceptors (Lipinski definition) is 3. The van der Waals surface area contributed by atoms with Gasteiger partial charge in [-0.25, -0.2) is 4.57 Å². The molecule has 2 aromatic heterocycles. The Kier molecular flexibility index (Phi) is 9.46. The second-order valence-corrected chi connectivity index (χ2v) is 19.5. The first-order valence-corrected chi connectivity index (χ1v) is 20.5. The maximum atomic E-state index is 11.9. The molecule has 8 saturated carbocycles. The number of carbonyl (C=O) groups is 1. The molecule has 10 atom stereocenters. The number of carboxylic acid groups (broad SMARTS) is 1. The summed E-state index contributed by atoms with van der Waals surface area (Å²) in [6, 6.07) is 9.88. The SMILES string of the molecule is C[C@H](CCC(=O)[O-])[C@H]1CC[C@H]2[C@@H]3[C@@H](O)C[C@@H]4C[C@@H]([n+]5ccc(-c6cc[n+](C78CC9CC(CC(C9)C7)C8)cc6)cc5)CC[C@]4(C)[C@H]3CC[C@]12C.[Na+]. The molecule has 0 aromatic carbocycles. The second-order valence-electron chi connectivity index (χ2n) is 19.5. The molecular weight excluding hydrogens is 627 g/mol. The summed E-state index contributed by atoms with van der Waals surface area (Å²) in [5, 5.41) is 23.1. The summed E-state index contributed by atoms with van der Waals surface area (Å²) in [5.41, 5.74) is 3.53. The van der Waals surface area contributed by atoms with Crippen LogP contribution in [0.2, 0.25) is 0 Å². The fourth-order valence-electron chi connectivity index (χ4n) is 15.2. The monoisotopic (exact) mass is 688 g/mol. The number of pyridine rings is 2. The van der Waals surface area contributed by atoms with Gasteiger partial charge in [-0.15, -0.1) is 0 Å². The van der Waals surface area contributed by atoms with E-state index in [1.807, 2.05) is 0 Å². The number of rotatable bonds is 7. The molecule has 8 fully saturated rings. The number of nitrogens with zero attached hydrogens (tertiary/aromatic N) is 2. The number of carbonyl (C=O) groups excluding carboxylic acids is 1. The normalized spacial score (nSPS) is 44.8. The van der Waals surface area contributed by atoms with E-state index in [1.165, 1.54) is 94.6 Å². The summed E-state index contributed by atoms with van der Waals surface area (Å²) in [5.74, 6) is 5.05. The first kappa shape index (κ1) is 35.7. The minimum atomic E-state index is -0.919. The molecule has 0 aliphatic heterocycles. The number of aliphatic carboxylic acids is 1. The molecule has 0 saturated heterocycles. The third kappa shape index (κ3) is 5.81. The van der Waals surface area contributed by atoms with Gasteiger partial charge in [-0.1, -0.05) is 20.8 Å². The summed E-state index contributed by atoms with van der Waals surface area (Å²) in [7, 11) is 0. The van der Waals surface area contributed by atoms with Crippen LogP contribution in [0.25, 0.3) is 11.1 Å². The number of fused-ring (bicyclic) bond motifs is 5. The zero-order valence-corrected chi connectivity index (χ0v) is 33.4. The van der Waals surface area contributed by atoms with Crippen molar-refractivity contribution in [3.8, 4) is 11.1 Å². The zero-order chi connectivity index (χ0) is 33.7. The van der Waals surface area contributed by atoms with Crippen LogP contribution in [0.4, 0.5) is 0 Å². The first-order chi connectivity index (χ1) is 23.5. The van der Waals surface area contributed by atoms with Gasteiger partial charge in [-0.2, -0.15) is 4.57 Å². The maximum Gasteiger partial charge on any atom is 1.00 e. The Morgan fingerprint density at radius 1 is 0.820 bits per heavy atom. The van der Waals surface area contributed by atoms with Crippen molar-refractivity contribution in [2.24, 2.45) is 64.1 Å². The largest absolute Gasteiger partial charge is 1.00 e. The van der Waals surface area contributed by atoms with Gasteiger partial charge < -0.3 is 15.0 Å². The molecule has 0 unspecified atom stereocenters. The molecule has 0 spiro atoms. The van der Waals surface area contributed by atoms with Crippen LogP contribution in [-0.2, 0) is 10.3 Å². The van der Waals surface area contributed by atoms with E-state index in [1.54, 1.807) is 0 Å². The van der Waals surface area contributed by atoms with E-state index in [-0.39, 0.29) is 47.5 Å². The molecule has 10 rings (SSSR count). The smallest absolute Gasteiger partial charge is 0.550 e. The van der Waals surface area contributed by atoms with Crippen molar-refractivity contribution in [1.29, 1.82) is 0 Å². The van der Waals surface area contributed by atoms with E-state index in [9.17, 15) is 15.0 Å². The fraction of sp³-hybridized carbons (Fsp3) is 0.750. The zero-order valence-electron chi connectivity index (χ0n) is 31.4. The summed E-state index contributed by atoms with van der Waals surface area (Å²) in [4.78, 5) is 11.2. The Balaban J connectivity index is 0.00000361. The van der Waals surface area contributed by atoms with Crippen LogP contribution in [0.1, 0.15) is 130 Å². The fourth-order valence-corrected chi connectivity index (χ4v) is 15.2. The van der Waals surface area contributed by atoms with Crippen molar-refractivity contribution < 1.29 is 53.7 Å². The van der Waals surface area contributed by atoms with Gasteiger partial charge in [0.2, 0.25) is 0 Å². The molecule has 0 radical (unpaired) electrons. The molecule has 264 valence electrons. The minimum Gasteiger partial charge on any atom is -0.550 e. The van der Waals surface area contributed by atoms with Gasteiger partial charge >= 0.3 is 29.6 Å². The van der Waals surface area contributed by atoms with Crippen LogP contribution in [0.15, 0.2) is 49.1 Å². The van der Waals surface area contributed by atoms with Crippen LogP contribution in [0, 0.1) is 64.1 Å². The molecule has 6 heteroatoms. The Morgan fingerprint density at radius 2 is 1.40 bits per heavy atom. The average Bonchev–Trinajstić information content (AvgIpc) is 3.44. The van der Waals surface area contributed by atoms with Crippen LogP contribution in [0.5, 0.6) is 0 Å². The van der Waals surface area contributed by atoms with Crippen LogP contribution >= 0.6 is 0 Å². The quantitative estimate of drug-likeness (QED) is 0.351.